The van der Waals surface area contributed by atoms with Crippen molar-refractivity contribution in [2.45, 2.75) is 13.5 Å². The van der Waals surface area contributed by atoms with Gasteiger partial charge < -0.3 is 9.64 Å². The Balaban J connectivity index is 1.76. The molecule has 0 radical (unpaired) electrons. The summed E-state index contributed by atoms with van der Waals surface area (Å²) in [6.07, 6.45) is 10.7. The second-order valence-electron chi connectivity index (χ2n) is 9.23. The van der Waals surface area contributed by atoms with Crippen molar-refractivity contribution in [3.05, 3.63) is 102 Å². The monoisotopic (exact) mass is 693 g/mol. The number of anilines is 2. The lowest BCUT2D eigenvalue weighted by Crippen LogP contribution is -2.28. The number of carbonyl (C=O) groups excluding carboxylic acids is 1. The van der Waals surface area contributed by atoms with Gasteiger partial charge in [-0.05, 0) is 48.9 Å². The van der Waals surface area contributed by atoms with Gasteiger partial charge in [-0.3, -0.25) is 4.90 Å². The van der Waals surface area contributed by atoms with E-state index in [9.17, 15) is 4.79 Å². The molecule has 1 aromatic heterocycles. The molecule has 2 N–H and O–H groups in total. The topological polar surface area (TPSA) is 137 Å². The Kier molecular flexibility index (Phi) is 13.4. The van der Waals surface area contributed by atoms with Gasteiger partial charge in [0.05, 0.1) is 37.4 Å². The van der Waals surface area contributed by atoms with Gasteiger partial charge in [0, 0.05) is 28.8 Å². The third-order valence-corrected chi connectivity index (χ3v) is 7.22. The van der Waals surface area contributed by atoms with E-state index in [1.165, 1.54) is 14.2 Å². The Hall–Kier alpha value is -4.82. The van der Waals surface area contributed by atoms with Crippen molar-refractivity contribution in [2.75, 3.05) is 24.0 Å². The summed E-state index contributed by atoms with van der Waals surface area (Å²) in [6, 6.07) is 16.7. The van der Waals surface area contributed by atoms with Crippen LogP contribution in [-0.4, -0.2) is 35.3 Å². The summed E-state index contributed by atoms with van der Waals surface area (Å²) in [4.78, 5) is 25.5. The van der Waals surface area contributed by atoms with Gasteiger partial charge in [0.25, 0.3) is 0 Å². The third kappa shape index (κ3) is 8.36. The van der Waals surface area contributed by atoms with E-state index in [-0.39, 0.29) is 6.61 Å². The molecule has 0 unspecified atom stereocenters. The third-order valence-electron chi connectivity index (χ3n) is 6.62. The fourth-order valence-electron chi connectivity index (χ4n) is 4.62. The molecule has 3 aromatic rings. The van der Waals surface area contributed by atoms with E-state index in [2.05, 4.69) is 54.5 Å². The van der Waals surface area contributed by atoms with E-state index in [1.54, 1.807) is 45.0 Å². The Morgan fingerprint density at radius 1 is 1.02 bits per heavy atom. The lowest BCUT2D eigenvalue weighted by atomic mass is 10.1. The number of carbonyl (C=O) groups is 1. The Bertz CT molecular complexity index is 1900. The lowest BCUT2D eigenvalue weighted by Gasteiger charge is -2.17. The van der Waals surface area contributed by atoms with Crippen molar-refractivity contribution in [1.29, 1.82) is 0 Å². The minimum Gasteiger partial charge on any atom is -0.465 e. The number of fused-ring (bicyclic) bond motifs is 2. The molecule has 0 atom stereocenters. The summed E-state index contributed by atoms with van der Waals surface area (Å²) in [5, 5.41) is 29.6. The van der Waals surface area contributed by atoms with E-state index >= 15 is 0 Å². The van der Waals surface area contributed by atoms with Crippen LogP contribution in [0, 0.1) is 22.6 Å². The number of benzene rings is 2. The molecule has 16 heteroatoms. The molecule has 0 bridgehead atoms. The van der Waals surface area contributed by atoms with Crippen LogP contribution in [0.3, 0.4) is 0 Å². The van der Waals surface area contributed by atoms with Gasteiger partial charge >= 0.3 is 11.8 Å². The number of methoxy groups -OCH3 is 1. The normalized spacial score (nSPS) is 13.4. The van der Waals surface area contributed by atoms with Crippen molar-refractivity contribution in [2.24, 2.45) is 0 Å². The number of aromatic nitrogens is 2. The number of nitrogens with zero attached hydrogens (tertiary/aromatic N) is 4. The predicted octanol–water partition coefficient (Wildman–Crippen LogP) is 5.99. The minimum atomic E-state index is -0.508. The Morgan fingerprint density at radius 2 is 1.77 bits per heavy atom. The number of hydrogen-bond acceptors (Lipinski definition) is 14. The molecule has 2 heterocycles. The van der Waals surface area contributed by atoms with E-state index in [0.717, 1.165) is 22.2 Å². The van der Waals surface area contributed by atoms with Crippen molar-refractivity contribution in [1.82, 2.24) is 4.57 Å². The maximum absolute atomic E-state index is 12.3. The molecule has 0 saturated heterocycles. The van der Waals surface area contributed by atoms with Crippen LogP contribution in [0.1, 0.15) is 28.7 Å². The van der Waals surface area contributed by atoms with E-state index in [0.29, 0.717) is 52.7 Å². The molecule has 0 saturated carbocycles. The molecular weight excluding hydrogens is 665 g/mol. The highest BCUT2D eigenvalue weighted by molar-refractivity contribution is 7.99. The summed E-state index contributed by atoms with van der Waals surface area (Å²) in [6.45, 7) is 10.0. The van der Waals surface area contributed by atoms with Crippen molar-refractivity contribution in [3.8, 4) is 22.6 Å². The summed E-state index contributed by atoms with van der Waals surface area (Å²) in [5.74, 6) is 0.727. The summed E-state index contributed by atoms with van der Waals surface area (Å²) < 4.78 is 17.3. The second kappa shape index (κ2) is 17.9. The standard InChI is InChI=1S/C32H28N4O10S2/c1-6-33-26-12-10-24(22-42-41-5)20-28(26)35(16-18-47-45-43-38)30(33)14-8-23(3)9-15-31-34(7-2)27-13-11-25(32(37)40-4)21-29(27)36(31)17-19-48-46-44-39/h6-15,20-21H,1-2,22H2,3-5H3,(H-,38,39)/p+1. The van der Waals surface area contributed by atoms with Gasteiger partial charge in [-0.2, -0.15) is 4.57 Å². The van der Waals surface area contributed by atoms with Crippen LogP contribution in [-0.2, 0) is 39.9 Å². The number of rotatable bonds is 13. The second-order valence-corrected chi connectivity index (χ2v) is 10.2. The fraction of sp³-hybridized carbons (Fsp3) is 0.125. The van der Waals surface area contributed by atoms with Gasteiger partial charge in [0.1, 0.15) is 42.6 Å². The van der Waals surface area contributed by atoms with Gasteiger partial charge in [0.15, 0.2) is 11.0 Å². The van der Waals surface area contributed by atoms with Gasteiger partial charge in [-0.1, -0.05) is 47.0 Å². The molecule has 2 aromatic carbocycles. The molecule has 248 valence electrons. The molecule has 0 aliphatic carbocycles. The Labute approximate surface area is 284 Å². The fourth-order valence-corrected chi connectivity index (χ4v) is 5.00. The number of allylic oxidation sites excluding steroid dienone is 4. The number of esters is 1. The first-order valence-electron chi connectivity index (χ1n) is 13.6. The van der Waals surface area contributed by atoms with Crippen LogP contribution >= 0.6 is 24.1 Å². The largest absolute Gasteiger partial charge is 0.465 e. The number of ether oxygens (including phenoxy) is 1. The molecule has 4 rings (SSSR count). The average Bonchev–Trinajstić information content (AvgIpc) is 3.58. The molecule has 1 aliphatic heterocycles. The zero-order valence-corrected chi connectivity index (χ0v) is 27.4. The van der Waals surface area contributed by atoms with Crippen molar-refractivity contribution < 1.29 is 53.1 Å². The highest BCUT2D eigenvalue weighted by Gasteiger charge is 2.30. The minimum absolute atomic E-state index is 0.217. The SMILES string of the molecule is C=CN1/C(=C/C=C(C)\C=C\c2n(C#CSOOO)c3cc(COOC)ccc3[n+]2C=C)N(C#CSOOO)c2cc(C(=O)OC)ccc21. The van der Waals surface area contributed by atoms with Gasteiger partial charge in [-0.25, -0.2) is 25.1 Å². The van der Waals surface area contributed by atoms with Crippen LogP contribution in [0.5, 0.6) is 0 Å². The first kappa shape index (κ1) is 36.0. The van der Waals surface area contributed by atoms with Crippen molar-refractivity contribution in [3.63, 3.8) is 0 Å². The number of imidazole rings is 1. The average molecular weight is 694 g/mol. The first-order valence-corrected chi connectivity index (χ1v) is 15.1. The molecular formula is C32H29N4O10S2+. The highest BCUT2D eigenvalue weighted by atomic mass is 32.2. The zero-order chi connectivity index (χ0) is 34.5. The maximum Gasteiger partial charge on any atom is 0.337 e. The van der Waals surface area contributed by atoms with Crippen molar-refractivity contribution >= 4 is 64.7 Å². The summed E-state index contributed by atoms with van der Waals surface area (Å²) in [5.41, 5.74) is 4.85. The predicted molar refractivity (Wildman–Crippen MR) is 180 cm³/mol. The number of hydrogen-bond donors (Lipinski definition) is 2. The highest BCUT2D eigenvalue weighted by Crippen LogP contribution is 2.42. The Morgan fingerprint density at radius 3 is 2.44 bits per heavy atom. The van der Waals surface area contributed by atoms with E-state index in [1.807, 2.05) is 54.0 Å². The smallest absolute Gasteiger partial charge is 0.337 e. The van der Waals surface area contributed by atoms with Gasteiger partial charge in [0.2, 0.25) is 0 Å². The van der Waals surface area contributed by atoms with Crippen LogP contribution in [0.2, 0.25) is 0 Å². The quantitative estimate of drug-likeness (QED) is 0.0317. The van der Waals surface area contributed by atoms with Crippen LogP contribution in [0.25, 0.3) is 23.3 Å². The molecule has 0 amide bonds. The molecule has 48 heavy (non-hydrogen) atoms. The first-order chi connectivity index (χ1) is 23.4. The molecule has 14 nitrogen and oxygen atoms in total. The lowest BCUT2D eigenvalue weighted by molar-refractivity contribution is -0.541. The van der Waals surface area contributed by atoms with Crippen LogP contribution < -0.4 is 14.4 Å². The molecule has 0 spiro atoms. The summed E-state index contributed by atoms with van der Waals surface area (Å²) in [7, 11) is 2.73. The maximum atomic E-state index is 12.3. The zero-order valence-electron chi connectivity index (χ0n) is 25.8. The van der Waals surface area contributed by atoms with Gasteiger partial charge in [-0.15, -0.1) is 13.2 Å². The summed E-state index contributed by atoms with van der Waals surface area (Å²) >= 11 is 1.16. The molecule has 0 fully saturated rings. The van der Waals surface area contributed by atoms with E-state index in [4.69, 9.17) is 25.0 Å². The van der Waals surface area contributed by atoms with Crippen LogP contribution in [0.15, 0.2) is 85.4 Å². The van der Waals surface area contributed by atoms with E-state index < -0.39 is 5.97 Å². The van der Waals surface area contributed by atoms with Crippen LogP contribution in [0.4, 0.5) is 11.4 Å². The molecule has 1 aliphatic rings.